The van der Waals surface area contributed by atoms with Crippen LogP contribution in [-0.4, -0.2) is 15.4 Å². The highest BCUT2D eigenvalue weighted by Crippen LogP contribution is 2.38. The number of hydrogen-bond donors (Lipinski definition) is 1. The molecule has 1 heterocycles. The van der Waals surface area contributed by atoms with Gasteiger partial charge in [0.05, 0.1) is 10.5 Å². The predicted molar refractivity (Wildman–Crippen MR) is 150 cm³/mol. The van der Waals surface area contributed by atoms with E-state index in [0.29, 0.717) is 29.6 Å². The molecule has 41 heavy (non-hydrogen) atoms. The number of fused-ring (bicyclic) bond motifs is 1. The smallest absolute Gasteiger partial charge is 0.352 e. The summed E-state index contributed by atoms with van der Waals surface area (Å²) in [4.78, 5) is 24.4. The molecule has 0 unspecified atom stereocenters. The molecular formula is C32H26F3N3O3. The maximum absolute atomic E-state index is 13.3. The molecule has 1 aromatic heterocycles. The summed E-state index contributed by atoms with van der Waals surface area (Å²) in [7, 11) is 0. The first-order valence-electron chi connectivity index (χ1n) is 13.0. The second-order valence-corrected chi connectivity index (χ2v) is 9.80. The standard InChI is InChI=1S/C32H26F3N3O3/c33-32(34,35)25-13-11-24(12-14-25)27(18-31(39)36-19-22-7-3-1-4-8-22)29-21-37(20-23-9-5-2-6-10-23)30-16-15-26(38(40)41)17-28(29)30/h1-17,21,27H,18-20H2,(H,36,39)/t27-/m0/s1. The Morgan fingerprint density at radius 2 is 1.51 bits per heavy atom. The molecule has 0 aliphatic carbocycles. The van der Waals surface area contributed by atoms with Crippen LogP contribution < -0.4 is 5.32 Å². The van der Waals surface area contributed by atoms with E-state index in [4.69, 9.17) is 0 Å². The Kier molecular flexibility index (Phi) is 7.87. The molecule has 0 spiro atoms. The molecule has 0 aliphatic rings. The molecular weight excluding hydrogens is 531 g/mol. The van der Waals surface area contributed by atoms with Gasteiger partial charge in [0.15, 0.2) is 0 Å². The fraction of sp³-hybridized carbons (Fsp3) is 0.156. The summed E-state index contributed by atoms with van der Waals surface area (Å²) in [6, 6.07) is 28.3. The number of carbonyl (C=O) groups excluding carboxylic acids is 1. The molecule has 1 N–H and O–H groups in total. The van der Waals surface area contributed by atoms with Crippen molar-refractivity contribution in [3.05, 3.63) is 147 Å². The zero-order valence-electron chi connectivity index (χ0n) is 21.8. The van der Waals surface area contributed by atoms with E-state index in [0.717, 1.165) is 28.8 Å². The normalized spacial score (nSPS) is 12.3. The minimum absolute atomic E-state index is 0.0641. The Bertz CT molecular complexity index is 1670. The van der Waals surface area contributed by atoms with Crippen LogP contribution in [0.2, 0.25) is 0 Å². The van der Waals surface area contributed by atoms with Crippen molar-refractivity contribution >= 4 is 22.5 Å². The second-order valence-electron chi connectivity index (χ2n) is 9.80. The fourth-order valence-electron chi connectivity index (χ4n) is 4.98. The average Bonchev–Trinajstić information content (AvgIpc) is 3.32. The fourth-order valence-corrected chi connectivity index (χ4v) is 4.98. The maximum Gasteiger partial charge on any atom is 0.416 e. The number of amides is 1. The van der Waals surface area contributed by atoms with E-state index in [1.165, 1.54) is 24.3 Å². The minimum Gasteiger partial charge on any atom is -0.352 e. The second kappa shape index (κ2) is 11.7. The Balaban J connectivity index is 1.58. The molecule has 208 valence electrons. The Morgan fingerprint density at radius 3 is 2.12 bits per heavy atom. The Morgan fingerprint density at radius 1 is 0.878 bits per heavy atom. The van der Waals surface area contributed by atoms with Gasteiger partial charge in [-0.15, -0.1) is 0 Å². The molecule has 0 bridgehead atoms. The van der Waals surface area contributed by atoms with Gasteiger partial charge >= 0.3 is 6.18 Å². The first-order chi connectivity index (χ1) is 19.7. The van der Waals surface area contributed by atoms with Crippen LogP contribution in [0.5, 0.6) is 0 Å². The van der Waals surface area contributed by atoms with Gasteiger partial charge in [-0.25, -0.2) is 0 Å². The number of hydrogen-bond acceptors (Lipinski definition) is 3. The van der Waals surface area contributed by atoms with E-state index >= 15 is 0 Å². The summed E-state index contributed by atoms with van der Waals surface area (Å²) >= 11 is 0. The van der Waals surface area contributed by atoms with Crippen LogP contribution >= 0.6 is 0 Å². The molecule has 1 atom stereocenters. The molecule has 0 aliphatic heterocycles. The summed E-state index contributed by atoms with van der Waals surface area (Å²) in [6.07, 6.45) is -2.73. The van der Waals surface area contributed by atoms with Crippen molar-refractivity contribution in [3.8, 4) is 0 Å². The highest BCUT2D eigenvalue weighted by atomic mass is 19.4. The zero-order valence-corrected chi connectivity index (χ0v) is 21.8. The first-order valence-corrected chi connectivity index (χ1v) is 13.0. The summed E-state index contributed by atoms with van der Waals surface area (Å²) in [5, 5.41) is 15.1. The number of aromatic nitrogens is 1. The van der Waals surface area contributed by atoms with E-state index in [1.807, 2.05) is 71.4 Å². The van der Waals surface area contributed by atoms with Gasteiger partial charge in [-0.3, -0.25) is 14.9 Å². The van der Waals surface area contributed by atoms with Gasteiger partial charge in [-0.05, 0) is 40.5 Å². The molecule has 5 rings (SSSR count). The van der Waals surface area contributed by atoms with Crippen LogP contribution in [0, 0.1) is 10.1 Å². The van der Waals surface area contributed by atoms with Crippen LogP contribution in [0.1, 0.15) is 40.2 Å². The van der Waals surface area contributed by atoms with Gasteiger partial charge in [-0.2, -0.15) is 13.2 Å². The number of halogens is 3. The van der Waals surface area contributed by atoms with E-state index in [1.54, 1.807) is 6.07 Å². The van der Waals surface area contributed by atoms with Crippen molar-refractivity contribution in [2.45, 2.75) is 31.6 Å². The van der Waals surface area contributed by atoms with Crippen molar-refractivity contribution < 1.29 is 22.9 Å². The third kappa shape index (κ3) is 6.46. The molecule has 0 radical (unpaired) electrons. The van der Waals surface area contributed by atoms with Crippen LogP contribution in [0.3, 0.4) is 0 Å². The predicted octanol–water partition coefficient (Wildman–Crippen LogP) is 7.46. The average molecular weight is 558 g/mol. The summed E-state index contributed by atoms with van der Waals surface area (Å²) in [5.74, 6) is -0.956. The van der Waals surface area contributed by atoms with Gasteiger partial charge in [0.25, 0.3) is 5.69 Å². The monoisotopic (exact) mass is 557 g/mol. The van der Waals surface area contributed by atoms with Crippen molar-refractivity contribution in [2.75, 3.05) is 0 Å². The van der Waals surface area contributed by atoms with E-state index in [9.17, 15) is 28.1 Å². The van der Waals surface area contributed by atoms with Crippen LogP contribution in [0.25, 0.3) is 10.9 Å². The number of nitro groups is 1. The third-order valence-electron chi connectivity index (χ3n) is 7.04. The quantitative estimate of drug-likeness (QED) is 0.151. The molecule has 5 aromatic rings. The number of benzene rings is 4. The number of nitrogens with one attached hydrogen (secondary N) is 1. The summed E-state index contributed by atoms with van der Waals surface area (Å²) in [6.45, 7) is 0.760. The lowest BCUT2D eigenvalue weighted by molar-refractivity contribution is -0.384. The topological polar surface area (TPSA) is 77.2 Å². The Labute approximate surface area is 234 Å². The largest absolute Gasteiger partial charge is 0.416 e. The van der Waals surface area contributed by atoms with Gasteiger partial charge < -0.3 is 9.88 Å². The maximum atomic E-state index is 13.3. The Hall–Kier alpha value is -4.92. The highest BCUT2D eigenvalue weighted by Gasteiger charge is 2.31. The molecule has 9 heteroatoms. The van der Waals surface area contributed by atoms with Gasteiger partial charge in [0, 0.05) is 54.7 Å². The van der Waals surface area contributed by atoms with Crippen molar-refractivity contribution in [2.24, 2.45) is 0 Å². The number of nitro benzene ring substituents is 1. The highest BCUT2D eigenvalue weighted by molar-refractivity contribution is 5.88. The van der Waals surface area contributed by atoms with Crippen LogP contribution in [0.15, 0.2) is 109 Å². The van der Waals surface area contributed by atoms with E-state index in [2.05, 4.69) is 5.32 Å². The zero-order chi connectivity index (χ0) is 29.0. The number of rotatable bonds is 9. The molecule has 0 fully saturated rings. The third-order valence-corrected chi connectivity index (χ3v) is 7.04. The van der Waals surface area contributed by atoms with Crippen LogP contribution in [0.4, 0.5) is 18.9 Å². The first kappa shape index (κ1) is 27.6. The number of nitrogens with zero attached hydrogens (tertiary/aromatic N) is 2. The number of carbonyl (C=O) groups is 1. The molecule has 0 saturated carbocycles. The molecule has 1 amide bonds. The summed E-state index contributed by atoms with van der Waals surface area (Å²) in [5.41, 5.74) is 2.83. The minimum atomic E-state index is -4.51. The van der Waals surface area contributed by atoms with E-state index < -0.39 is 22.6 Å². The van der Waals surface area contributed by atoms with E-state index in [-0.39, 0.29) is 18.0 Å². The van der Waals surface area contributed by atoms with Gasteiger partial charge in [-0.1, -0.05) is 72.8 Å². The van der Waals surface area contributed by atoms with Crippen molar-refractivity contribution in [1.29, 1.82) is 0 Å². The number of non-ortho nitro benzene ring substituents is 1. The lowest BCUT2D eigenvalue weighted by Gasteiger charge is -2.18. The van der Waals surface area contributed by atoms with Crippen molar-refractivity contribution in [1.82, 2.24) is 9.88 Å². The van der Waals surface area contributed by atoms with Gasteiger partial charge in [0.2, 0.25) is 5.91 Å². The molecule has 4 aromatic carbocycles. The SMILES string of the molecule is O=C(C[C@@H](c1ccc(C(F)(F)F)cc1)c1cn(Cc2ccccc2)c2ccc([N+](=O)[O-])cc12)NCc1ccccc1. The molecule has 6 nitrogen and oxygen atoms in total. The summed E-state index contributed by atoms with van der Waals surface area (Å²) < 4.78 is 41.9. The molecule has 0 saturated heterocycles. The van der Waals surface area contributed by atoms with Gasteiger partial charge in [0.1, 0.15) is 0 Å². The van der Waals surface area contributed by atoms with Crippen molar-refractivity contribution in [3.63, 3.8) is 0 Å². The van der Waals surface area contributed by atoms with Crippen LogP contribution in [-0.2, 0) is 24.1 Å². The lowest BCUT2D eigenvalue weighted by atomic mass is 9.87. The number of alkyl halides is 3. The lowest BCUT2D eigenvalue weighted by Crippen LogP contribution is -2.25.